The van der Waals surface area contributed by atoms with Crippen LogP contribution in [0.15, 0.2) is 36.7 Å². The number of hydrogen-bond donors (Lipinski definition) is 1. The lowest BCUT2D eigenvalue weighted by Gasteiger charge is -2.31. The van der Waals surface area contributed by atoms with Crippen molar-refractivity contribution in [3.8, 4) is 5.75 Å². The standard InChI is InChI=1S/C16H21N3O/c1-20-15-6-2-4-13(10-15)11-19-9-3-5-14(12-19)16-17-7-8-18-16/h2,4,6-8,10,14H,3,5,9,11-12H2,1H3,(H,17,18)/t14-/m1/s1. The summed E-state index contributed by atoms with van der Waals surface area (Å²) in [6.07, 6.45) is 6.21. The number of benzene rings is 1. The number of nitrogens with zero attached hydrogens (tertiary/aromatic N) is 2. The molecule has 1 aromatic carbocycles. The van der Waals surface area contributed by atoms with Crippen molar-refractivity contribution in [3.05, 3.63) is 48.0 Å². The van der Waals surface area contributed by atoms with E-state index < -0.39 is 0 Å². The summed E-state index contributed by atoms with van der Waals surface area (Å²) in [5.41, 5.74) is 1.31. The maximum Gasteiger partial charge on any atom is 0.119 e. The fourth-order valence-electron chi connectivity index (χ4n) is 2.95. The fourth-order valence-corrected chi connectivity index (χ4v) is 2.95. The van der Waals surface area contributed by atoms with Crippen LogP contribution in [0.5, 0.6) is 5.75 Å². The topological polar surface area (TPSA) is 41.1 Å². The molecule has 1 saturated heterocycles. The molecule has 1 aliphatic rings. The fraction of sp³-hybridized carbons (Fsp3) is 0.438. The molecule has 0 saturated carbocycles. The number of ether oxygens (including phenoxy) is 1. The molecule has 0 spiro atoms. The molecule has 2 heterocycles. The van der Waals surface area contributed by atoms with Crippen molar-refractivity contribution in [1.82, 2.24) is 14.9 Å². The molecular formula is C16H21N3O. The maximum atomic E-state index is 5.29. The van der Waals surface area contributed by atoms with Gasteiger partial charge in [0.05, 0.1) is 7.11 Å². The smallest absolute Gasteiger partial charge is 0.119 e. The van der Waals surface area contributed by atoms with E-state index >= 15 is 0 Å². The molecule has 1 fully saturated rings. The van der Waals surface area contributed by atoms with Gasteiger partial charge in [-0.15, -0.1) is 0 Å². The quantitative estimate of drug-likeness (QED) is 0.929. The molecule has 0 unspecified atom stereocenters. The predicted octanol–water partition coefficient (Wildman–Crippen LogP) is 2.80. The van der Waals surface area contributed by atoms with Gasteiger partial charge in [0.15, 0.2) is 0 Å². The Kier molecular flexibility index (Phi) is 4.02. The number of aromatic nitrogens is 2. The second-order valence-electron chi connectivity index (χ2n) is 5.40. The van der Waals surface area contributed by atoms with Crippen LogP contribution in [0.3, 0.4) is 0 Å². The zero-order valence-corrected chi connectivity index (χ0v) is 11.9. The minimum absolute atomic E-state index is 0.532. The molecule has 1 atom stereocenters. The second kappa shape index (κ2) is 6.09. The van der Waals surface area contributed by atoms with Crippen molar-refractivity contribution < 1.29 is 4.74 Å². The molecular weight excluding hydrogens is 250 g/mol. The van der Waals surface area contributed by atoms with Gasteiger partial charge < -0.3 is 9.72 Å². The van der Waals surface area contributed by atoms with E-state index in [0.29, 0.717) is 5.92 Å². The molecule has 1 N–H and O–H groups in total. The number of methoxy groups -OCH3 is 1. The third-order valence-electron chi connectivity index (χ3n) is 3.95. The number of hydrogen-bond acceptors (Lipinski definition) is 3. The van der Waals surface area contributed by atoms with Crippen molar-refractivity contribution >= 4 is 0 Å². The van der Waals surface area contributed by atoms with E-state index in [0.717, 1.165) is 31.2 Å². The summed E-state index contributed by atoms with van der Waals surface area (Å²) < 4.78 is 5.29. The lowest BCUT2D eigenvalue weighted by atomic mass is 9.97. The Morgan fingerprint density at radius 1 is 1.45 bits per heavy atom. The van der Waals surface area contributed by atoms with Crippen molar-refractivity contribution in [2.75, 3.05) is 20.2 Å². The minimum atomic E-state index is 0.532. The van der Waals surface area contributed by atoms with Gasteiger partial charge in [0.2, 0.25) is 0 Å². The highest BCUT2D eigenvalue weighted by molar-refractivity contribution is 5.28. The molecule has 106 valence electrons. The zero-order chi connectivity index (χ0) is 13.8. The van der Waals surface area contributed by atoms with Gasteiger partial charge >= 0.3 is 0 Å². The van der Waals surface area contributed by atoms with E-state index in [4.69, 9.17) is 4.74 Å². The molecule has 1 aromatic heterocycles. The Balaban J connectivity index is 1.65. The van der Waals surface area contributed by atoms with Crippen LogP contribution < -0.4 is 4.74 Å². The van der Waals surface area contributed by atoms with Gasteiger partial charge in [-0.1, -0.05) is 12.1 Å². The zero-order valence-electron chi connectivity index (χ0n) is 11.9. The van der Waals surface area contributed by atoms with E-state index in [2.05, 4.69) is 33.1 Å². The maximum absolute atomic E-state index is 5.29. The van der Waals surface area contributed by atoms with Gasteiger partial charge in [-0.2, -0.15) is 0 Å². The Morgan fingerprint density at radius 3 is 3.20 bits per heavy atom. The average Bonchev–Trinajstić information content (AvgIpc) is 3.02. The van der Waals surface area contributed by atoms with Crippen molar-refractivity contribution in [1.29, 1.82) is 0 Å². The number of nitrogens with one attached hydrogen (secondary N) is 1. The highest BCUT2D eigenvalue weighted by Crippen LogP contribution is 2.25. The van der Waals surface area contributed by atoms with Gasteiger partial charge in [0, 0.05) is 31.4 Å². The molecule has 4 nitrogen and oxygen atoms in total. The number of rotatable bonds is 4. The Morgan fingerprint density at radius 2 is 2.40 bits per heavy atom. The number of piperidine rings is 1. The molecule has 2 aromatic rings. The number of aromatic amines is 1. The minimum Gasteiger partial charge on any atom is -0.497 e. The molecule has 0 aliphatic carbocycles. The third kappa shape index (κ3) is 3.02. The van der Waals surface area contributed by atoms with Crippen LogP contribution in [0.25, 0.3) is 0 Å². The average molecular weight is 271 g/mol. The molecule has 20 heavy (non-hydrogen) atoms. The summed E-state index contributed by atoms with van der Waals surface area (Å²) in [7, 11) is 1.72. The van der Waals surface area contributed by atoms with Gasteiger partial charge in [-0.25, -0.2) is 4.98 Å². The predicted molar refractivity (Wildman–Crippen MR) is 78.8 cm³/mol. The molecule has 0 radical (unpaired) electrons. The first-order chi connectivity index (χ1) is 9.85. The van der Waals surface area contributed by atoms with Crippen LogP contribution in [0.2, 0.25) is 0 Å². The van der Waals surface area contributed by atoms with Crippen LogP contribution in [0.4, 0.5) is 0 Å². The van der Waals surface area contributed by atoms with Crippen molar-refractivity contribution in [3.63, 3.8) is 0 Å². The number of H-pyrrole nitrogens is 1. The summed E-state index contributed by atoms with van der Waals surface area (Å²) >= 11 is 0. The van der Waals surface area contributed by atoms with Crippen LogP contribution >= 0.6 is 0 Å². The lowest BCUT2D eigenvalue weighted by Crippen LogP contribution is -2.34. The van der Waals surface area contributed by atoms with E-state index in [1.165, 1.54) is 18.4 Å². The van der Waals surface area contributed by atoms with Crippen molar-refractivity contribution in [2.24, 2.45) is 0 Å². The summed E-state index contributed by atoms with van der Waals surface area (Å²) in [6, 6.07) is 8.34. The van der Waals surface area contributed by atoms with Crippen LogP contribution in [0.1, 0.15) is 30.1 Å². The Labute approximate surface area is 119 Å². The van der Waals surface area contributed by atoms with Gasteiger partial charge in [0.25, 0.3) is 0 Å². The van der Waals surface area contributed by atoms with E-state index in [1.807, 2.05) is 18.5 Å². The van der Waals surface area contributed by atoms with E-state index in [1.54, 1.807) is 7.11 Å². The highest BCUT2D eigenvalue weighted by Gasteiger charge is 2.22. The lowest BCUT2D eigenvalue weighted by molar-refractivity contribution is 0.197. The molecule has 1 aliphatic heterocycles. The first-order valence-corrected chi connectivity index (χ1v) is 7.19. The number of likely N-dealkylation sites (tertiary alicyclic amines) is 1. The summed E-state index contributed by atoms with van der Waals surface area (Å²) in [4.78, 5) is 10.2. The number of imidazole rings is 1. The van der Waals surface area contributed by atoms with E-state index in [-0.39, 0.29) is 0 Å². The summed E-state index contributed by atoms with van der Waals surface area (Å²) in [5, 5.41) is 0. The normalized spacial score (nSPS) is 19.9. The molecule has 0 amide bonds. The molecule has 4 heteroatoms. The highest BCUT2D eigenvalue weighted by atomic mass is 16.5. The van der Waals surface area contributed by atoms with Gasteiger partial charge in [-0.3, -0.25) is 4.90 Å². The van der Waals surface area contributed by atoms with Gasteiger partial charge in [0.1, 0.15) is 11.6 Å². The third-order valence-corrected chi connectivity index (χ3v) is 3.95. The second-order valence-corrected chi connectivity index (χ2v) is 5.40. The molecule has 0 bridgehead atoms. The van der Waals surface area contributed by atoms with E-state index in [9.17, 15) is 0 Å². The SMILES string of the molecule is COc1cccc(CN2CCC[C@@H](c3ncc[nH]3)C2)c1. The van der Waals surface area contributed by atoms with Crippen molar-refractivity contribution in [2.45, 2.75) is 25.3 Å². The first kappa shape index (κ1) is 13.2. The molecule has 3 rings (SSSR count). The summed E-state index contributed by atoms with van der Waals surface area (Å²) in [5.74, 6) is 2.59. The Bertz CT molecular complexity index is 538. The largest absolute Gasteiger partial charge is 0.497 e. The van der Waals surface area contributed by atoms with Crippen LogP contribution in [-0.4, -0.2) is 35.1 Å². The Hall–Kier alpha value is -1.81. The van der Waals surface area contributed by atoms with Gasteiger partial charge in [-0.05, 0) is 37.1 Å². The monoisotopic (exact) mass is 271 g/mol. The van der Waals surface area contributed by atoms with Crippen LogP contribution in [-0.2, 0) is 6.54 Å². The summed E-state index contributed by atoms with van der Waals surface area (Å²) in [6.45, 7) is 3.22. The first-order valence-electron chi connectivity index (χ1n) is 7.19. The van der Waals surface area contributed by atoms with Crippen LogP contribution in [0, 0.1) is 0 Å².